The molecule has 3 N–H and O–H groups in total. The minimum absolute atomic E-state index is 0.142. The maximum atomic E-state index is 11.7. The molecule has 1 aromatic heterocycles. The van der Waals surface area contributed by atoms with Crippen molar-refractivity contribution < 1.29 is 4.79 Å². The first-order valence-electron chi connectivity index (χ1n) is 5.01. The average molecular weight is 380 g/mol. The average Bonchev–Trinajstić information content (AvgIpc) is 2.77. The number of benzene rings is 1. The second-order valence-electron chi connectivity index (χ2n) is 3.37. The van der Waals surface area contributed by atoms with Crippen LogP contribution in [-0.4, -0.2) is 21.9 Å². The third-order valence-corrected chi connectivity index (χ3v) is 5.07. The van der Waals surface area contributed by atoms with Gasteiger partial charge in [-0.15, -0.1) is 10.2 Å². The number of halogens is 2. The first-order valence-corrected chi connectivity index (χ1v) is 7.98. The Morgan fingerprint density at radius 3 is 2.95 bits per heavy atom. The molecule has 0 unspecified atom stereocenters. The molecule has 0 aliphatic heterocycles. The van der Waals surface area contributed by atoms with Crippen molar-refractivity contribution in [2.24, 2.45) is 0 Å². The minimum atomic E-state index is -0.142. The number of hydrogen-bond acceptors (Lipinski definition) is 6. The summed E-state index contributed by atoms with van der Waals surface area (Å²) >= 11 is 11.8. The molecule has 0 atom stereocenters. The molecule has 0 aliphatic rings. The molecule has 0 bridgehead atoms. The van der Waals surface area contributed by atoms with Crippen molar-refractivity contribution in [2.75, 3.05) is 16.8 Å². The van der Waals surface area contributed by atoms with Gasteiger partial charge in [0.15, 0.2) is 4.34 Å². The van der Waals surface area contributed by atoms with Gasteiger partial charge in [-0.3, -0.25) is 4.79 Å². The number of anilines is 2. The highest BCUT2D eigenvalue weighted by Crippen LogP contribution is 2.26. The number of nitrogens with two attached hydrogens (primary N) is 1. The lowest BCUT2D eigenvalue weighted by Gasteiger charge is -2.05. The summed E-state index contributed by atoms with van der Waals surface area (Å²) in [4.78, 5) is 11.7. The summed E-state index contributed by atoms with van der Waals surface area (Å²) in [5.74, 6) is 0.0969. The molecule has 1 aromatic carbocycles. The first kappa shape index (κ1) is 14.6. The van der Waals surface area contributed by atoms with Crippen LogP contribution in [0.2, 0.25) is 5.02 Å². The fraction of sp³-hybridized carbons (Fsp3) is 0.100. The van der Waals surface area contributed by atoms with E-state index in [1.807, 2.05) is 0 Å². The molecule has 0 saturated heterocycles. The predicted molar refractivity (Wildman–Crippen MR) is 82.8 cm³/mol. The smallest absolute Gasteiger partial charge is 0.234 e. The van der Waals surface area contributed by atoms with Gasteiger partial charge in [0.05, 0.1) is 10.8 Å². The van der Waals surface area contributed by atoms with Gasteiger partial charge in [-0.25, -0.2) is 0 Å². The molecule has 0 fully saturated rings. The van der Waals surface area contributed by atoms with Gasteiger partial charge in [0, 0.05) is 10.2 Å². The van der Waals surface area contributed by atoms with Gasteiger partial charge in [-0.05, 0) is 34.1 Å². The Bertz CT molecular complexity index is 607. The summed E-state index contributed by atoms with van der Waals surface area (Å²) in [7, 11) is 0. The summed E-state index contributed by atoms with van der Waals surface area (Å²) in [5, 5.41) is 11.2. The Labute approximate surface area is 131 Å². The van der Waals surface area contributed by atoms with Crippen LogP contribution < -0.4 is 11.1 Å². The maximum Gasteiger partial charge on any atom is 0.234 e. The summed E-state index contributed by atoms with van der Waals surface area (Å²) < 4.78 is 1.45. The number of nitrogens with one attached hydrogen (secondary N) is 1. The van der Waals surface area contributed by atoms with Crippen LogP contribution in [0.4, 0.5) is 10.8 Å². The largest absolute Gasteiger partial charge is 0.374 e. The second-order valence-corrected chi connectivity index (χ2v) is 6.87. The van der Waals surface area contributed by atoms with E-state index in [2.05, 4.69) is 31.4 Å². The Hall–Kier alpha value is -0.830. The molecule has 2 rings (SSSR count). The normalized spacial score (nSPS) is 10.4. The van der Waals surface area contributed by atoms with Gasteiger partial charge in [0.1, 0.15) is 0 Å². The van der Waals surface area contributed by atoms with Crippen molar-refractivity contribution in [2.45, 2.75) is 4.34 Å². The van der Waals surface area contributed by atoms with Crippen LogP contribution in [0.25, 0.3) is 0 Å². The molecule has 0 spiro atoms. The fourth-order valence-electron chi connectivity index (χ4n) is 1.18. The number of nitrogens with zero attached hydrogens (tertiary/aromatic N) is 2. The number of rotatable bonds is 4. The highest BCUT2D eigenvalue weighted by Gasteiger charge is 2.08. The number of aromatic nitrogens is 2. The number of carbonyl (C=O) groups is 1. The number of thioether (sulfide) groups is 1. The van der Waals surface area contributed by atoms with Crippen LogP contribution in [0.1, 0.15) is 0 Å². The monoisotopic (exact) mass is 378 g/mol. The van der Waals surface area contributed by atoms with Crippen molar-refractivity contribution in [1.29, 1.82) is 0 Å². The van der Waals surface area contributed by atoms with Crippen LogP contribution in [0, 0.1) is 0 Å². The molecule has 0 aliphatic carbocycles. The maximum absolute atomic E-state index is 11.7. The zero-order chi connectivity index (χ0) is 13.8. The topological polar surface area (TPSA) is 80.9 Å². The van der Waals surface area contributed by atoms with Crippen LogP contribution >= 0.6 is 50.6 Å². The third-order valence-electron chi connectivity index (χ3n) is 1.95. The molecule has 0 saturated carbocycles. The zero-order valence-corrected chi connectivity index (χ0v) is 13.4. The van der Waals surface area contributed by atoms with Crippen molar-refractivity contribution in [3.63, 3.8) is 0 Å². The standard InChI is InChI=1S/C10H8BrClN4OS2/c11-6-2-1-5(3-7(6)12)14-8(17)4-18-10-16-15-9(13)19-10/h1-3H,4H2,(H2,13,15)(H,14,17). The molecule has 2 aromatic rings. The number of carbonyl (C=O) groups excluding carboxylic acids is 1. The molecule has 1 amide bonds. The van der Waals surface area contributed by atoms with Crippen LogP contribution in [0.15, 0.2) is 27.0 Å². The lowest BCUT2D eigenvalue weighted by molar-refractivity contribution is -0.113. The molecular weight excluding hydrogens is 372 g/mol. The minimum Gasteiger partial charge on any atom is -0.374 e. The number of nitrogen functional groups attached to an aromatic ring is 1. The van der Waals surface area contributed by atoms with Gasteiger partial charge in [-0.1, -0.05) is 34.7 Å². The van der Waals surface area contributed by atoms with E-state index in [-0.39, 0.29) is 11.7 Å². The van der Waals surface area contributed by atoms with Gasteiger partial charge >= 0.3 is 0 Å². The van der Waals surface area contributed by atoms with Gasteiger partial charge < -0.3 is 11.1 Å². The third kappa shape index (κ3) is 4.34. The lowest BCUT2D eigenvalue weighted by Crippen LogP contribution is -2.13. The van der Waals surface area contributed by atoms with E-state index in [1.165, 1.54) is 23.1 Å². The van der Waals surface area contributed by atoms with Crippen molar-refractivity contribution >= 4 is 67.4 Å². The molecule has 19 heavy (non-hydrogen) atoms. The second kappa shape index (κ2) is 6.56. The molecule has 0 radical (unpaired) electrons. The van der Waals surface area contributed by atoms with E-state index >= 15 is 0 Å². The van der Waals surface area contributed by atoms with Crippen LogP contribution in [0.5, 0.6) is 0 Å². The van der Waals surface area contributed by atoms with Crippen LogP contribution in [0.3, 0.4) is 0 Å². The number of hydrogen-bond donors (Lipinski definition) is 2. The van der Waals surface area contributed by atoms with Crippen molar-refractivity contribution in [3.8, 4) is 0 Å². The van der Waals surface area contributed by atoms with E-state index in [0.29, 0.717) is 20.2 Å². The quantitative estimate of drug-likeness (QED) is 0.797. The highest BCUT2D eigenvalue weighted by molar-refractivity contribution is 9.10. The Kier molecular flexibility index (Phi) is 5.03. The van der Waals surface area contributed by atoms with E-state index < -0.39 is 0 Å². The SMILES string of the molecule is Nc1nnc(SCC(=O)Nc2ccc(Br)c(Cl)c2)s1. The molecule has 1 heterocycles. The summed E-state index contributed by atoms with van der Waals surface area (Å²) in [5.41, 5.74) is 6.10. The van der Waals surface area contributed by atoms with E-state index in [9.17, 15) is 4.79 Å². The summed E-state index contributed by atoms with van der Waals surface area (Å²) in [6.07, 6.45) is 0. The van der Waals surface area contributed by atoms with Crippen molar-refractivity contribution in [3.05, 3.63) is 27.7 Å². The van der Waals surface area contributed by atoms with E-state index in [1.54, 1.807) is 18.2 Å². The van der Waals surface area contributed by atoms with Gasteiger partial charge in [0.2, 0.25) is 11.0 Å². The van der Waals surface area contributed by atoms with E-state index in [4.69, 9.17) is 17.3 Å². The Morgan fingerprint density at radius 1 is 1.53 bits per heavy atom. The first-order chi connectivity index (χ1) is 9.04. The fourth-order valence-corrected chi connectivity index (χ4v) is 3.04. The predicted octanol–water partition coefficient (Wildman–Crippen LogP) is 3.27. The molecule has 5 nitrogen and oxygen atoms in total. The van der Waals surface area contributed by atoms with E-state index in [0.717, 1.165) is 4.47 Å². The Morgan fingerprint density at radius 2 is 2.32 bits per heavy atom. The lowest BCUT2D eigenvalue weighted by atomic mass is 10.3. The van der Waals surface area contributed by atoms with Crippen LogP contribution in [-0.2, 0) is 4.79 Å². The van der Waals surface area contributed by atoms with Gasteiger partial charge in [-0.2, -0.15) is 0 Å². The highest BCUT2D eigenvalue weighted by atomic mass is 79.9. The molecule has 100 valence electrons. The van der Waals surface area contributed by atoms with Crippen molar-refractivity contribution in [1.82, 2.24) is 10.2 Å². The Balaban J connectivity index is 1.88. The number of amides is 1. The summed E-state index contributed by atoms with van der Waals surface area (Å²) in [6.45, 7) is 0. The molecular formula is C10H8BrClN4OS2. The van der Waals surface area contributed by atoms with Gasteiger partial charge in [0.25, 0.3) is 0 Å². The zero-order valence-electron chi connectivity index (χ0n) is 9.39. The molecule has 9 heteroatoms. The summed E-state index contributed by atoms with van der Waals surface area (Å²) in [6, 6.07) is 5.22.